The molecular formula is C10H21N3O2. The van der Waals surface area contributed by atoms with E-state index in [4.69, 9.17) is 5.73 Å². The van der Waals surface area contributed by atoms with Gasteiger partial charge in [-0.3, -0.25) is 4.79 Å². The number of amides is 3. The highest BCUT2D eigenvalue weighted by Crippen LogP contribution is 2.07. The van der Waals surface area contributed by atoms with Crippen molar-refractivity contribution in [2.24, 2.45) is 11.7 Å². The van der Waals surface area contributed by atoms with Crippen molar-refractivity contribution in [2.75, 3.05) is 0 Å². The van der Waals surface area contributed by atoms with Crippen LogP contribution < -0.4 is 16.4 Å². The van der Waals surface area contributed by atoms with Crippen molar-refractivity contribution in [2.45, 2.75) is 46.2 Å². The third-order valence-electron chi connectivity index (χ3n) is 2.22. The molecule has 0 rings (SSSR count). The maximum Gasteiger partial charge on any atom is 0.312 e. The van der Waals surface area contributed by atoms with E-state index >= 15 is 0 Å². The molecule has 5 heteroatoms. The fraction of sp³-hybridized carbons (Fsp3) is 0.800. The van der Waals surface area contributed by atoms with Gasteiger partial charge in [-0.05, 0) is 19.8 Å². The predicted molar refractivity (Wildman–Crippen MR) is 59.2 cm³/mol. The van der Waals surface area contributed by atoms with Crippen LogP contribution in [0.4, 0.5) is 4.79 Å². The number of carbonyl (C=O) groups excluding carboxylic acids is 2. The average Bonchev–Trinajstić information content (AvgIpc) is 2.11. The molecule has 88 valence electrons. The summed E-state index contributed by atoms with van der Waals surface area (Å²) in [4.78, 5) is 22.5. The summed E-state index contributed by atoms with van der Waals surface area (Å²) < 4.78 is 0. The third-order valence-corrected chi connectivity index (χ3v) is 2.22. The highest BCUT2D eigenvalue weighted by Gasteiger charge is 2.25. The van der Waals surface area contributed by atoms with Crippen LogP contribution in [0, 0.1) is 5.92 Å². The lowest BCUT2D eigenvalue weighted by molar-refractivity contribution is -0.124. The molecule has 0 heterocycles. The highest BCUT2D eigenvalue weighted by atomic mass is 16.2. The van der Waals surface area contributed by atoms with E-state index in [1.54, 1.807) is 0 Å². The molecule has 0 saturated heterocycles. The Morgan fingerprint density at radius 1 is 1.20 bits per heavy atom. The van der Waals surface area contributed by atoms with Crippen LogP contribution in [0.25, 0.3) is 0 Å². The van der Waals surface area contributed by atoms with E-state index in [1.807, 2.05) is 27.7 Å². The lowest BCUT2D eigenvalue weighted by Gasteiger charge is -2.23. The number of carbonyl (C=O) groups is 2. The topological polar surface area (TPSA) is 84.2 Å². The molecule has 4 N–H and O–H groups in total. The van der Waals surface area contributed by atoms with E-state index in [0.29, 0.717) is 0 Å². The van der Waals surface area contributed by atoms with Crippen LogP contribution >= 0.6 is 0 Å². The van der Waals surface area contributed by atoms with Crippen LogP contribution in [-0.2, 0) is 4.79 Å². The molecule has 0 aliphatic carbocycles. The maximum absolute atomic E-state index is 11.7. The molecule has 5 nitrogen and oxygen atoms in total. The summed E-state index contributed by atoms with van der Waals surface area (Å²) in [6.45, 7) is 7.61. The summed E-state index contributed by atoms with van der Waals surface area (Å²) in [5.74, 6) is -0.116. The molecule has 3 amide bonds. The lowest BCUT2D eigenvalue weighted by Crippen LogP contribution is -2.53. The largest absolute Gasteiger partial charge is 0.352 e. The van der Waals surface area contributed by atoms with Gasteiger partial charge in [0.15, 0.2) is 0 Å². The minimum Gasteiger partial charge on any atom is -0.352 e. The van der Waals surface area contributed by atoms with E-state index in [-0.39, 0.29) is 17.9 Å². The molecule has 0 aromatic rings. The Morgan fingerprint density at radius 3 is 2.07 bits per heavy atom. The molecule has 2 unspecified atom stereocenters. The minimum absolute atomic E-state index is 0.0544. The van der Waals surface area contributed by atoms with Gasteiger partial charge in [-0.2, -0.15) is 0 Å². The van der Waals surface area contributed by atoms with Gasteiger partial charge < -0.3 is 16.4 Å². The fourth-order valence-corrected chi connectivity index (χ4v) is 1.23. The second kappa shape index (κ2) is 6.27. The first kappa shape index (κ1) is 13.7. The summed E-state index contributed by atoms with van der Waals surface area (Å²) in [5.41, 5.74) is 5.02. The smallest absolute Gasteiger partial charge is 0.312 e. The number of nitrogens with one attached hydrogen (secondary N) is 2. The molecular weight excluding hydrogens is 194 g/mol. The summed E-state index contributed by atoms with van der Waals surface area (Å²) in [6, 6.07) is -1.16. The second-order valence-corrected chi connectivity index (χ2v) is 4.04. The van der Waals surface area contributed by atoms with Gasteiger partial charge in [0.1, 0.15) is 6.04 Å². The zero-order valence-corrected chi connectivity index (χ0v) is 9.83. The van der Waals surface area contributed by atoms with Crippen LogP contribution in [0.5, 0.6) is 0 Å². The SMILES string of the molecule is CCC(C)C(NC(N)=O)C(=O)NC(C)C. The molecule has 0 fully saturated rings. The number of primary amides is 1. The van der Waals surface area contributed by atoms with Crippen LogP contribution in [0.15, 0.2) is 0 Å². The molecule has 0 aliphatic rings. The average molecular weight is 215 g/mol. The summed E-state index contributed by atoms with van der Waals surface area (Å²) >= 11 is 0. The van der Waals surface area contributed by atoms with Crippen molar-refractivity contribution in [1.29, 1.82) is 0 Å². The summed E-state index contributed by atoms with van der Waals surface area (Å²) in [5, 5.41) is 5.22. The van der Waals surface area contributed by atoms with Crippen molar-refractivity contribution >= 4 is 11.9 Å². The molecule has 2 atom stereocenters. The van der Waals surface area contributed by atoms with E-state index in [1.165, 1.54) is 0 Å². The van der Waals surface area contributed by atoms with Gasteiger partial charge in [0.2, 0.25) is 5.91 Å². The zero-order valence-electron chi connectivity index (χ0n) is 9.83. The standard InChI is InChI=1S/C10H21N3O2/c1-5-7(4)8(13-10(11)15)9(14)12-6(2)3/h6-8H,5H2,1-4H3,(H,12,14)(H3,11,13,15). The first-order valence-corrected chi connectivity index (χ1v) is 5.24. The normalized spacial score (nSPS) is 14.5. The van der Waals surface area contributed by atoms with Crippen LogP contribution in [0.2, 0.25) is 0 Å². The number of nitrogens with two attached hydrogens (primary N) is 1. The van der Waals surface area contributed by atoms with E-state index < -0.39 is 12.1 Å². The molecule has 15 heavy (non-hydrogen) atoms. The number of urea groups is 1. The molecule has 0 aromatic heterocycles. The van der Waals surface area contributed by atoms with Crippen molar-refractivity contribution in [3.05, 3.63) is 0 Å². The van der Waals surface area contributed by atoms with Crippen molar-refractivity contribution < 1.29 is 9.59 Å². The fourth-order valence-electron chi connectivity index (χ4n) is 1.23. The first-order chi connectivity index (χ1) is 6.88. The van der Waals surface area contributed by atoms with Gasteiger partial charge in [-0.15, -0.1) is 0 Å². The Bertz CT molecular complexity index is 229. The number of hydrogen-bond donors (Lipinski definition) is 3. The Morgan fingerprint density at radius 2 is 1.73 bits per heavy atom. The van der Waals surface area contributed by atoms with Crippen LogP contribution in [0.1, 0.15) is 34.1 Å². The molecule has 0 aromatic carbocycles. The Balaban J connectivity index is 4.47. The van der Waals surface area contributed by atoms with Gasteiger partial charge >= 0.3 is 6.03 Å². The first-order valence-electron chi connectivity index (χ1n) is 5.24. The Labute approximate surface area is 90.8 Å². The molecule has 0 bridgehead atoms. The monoisotopic (exact) mass is 215 g/mol. The van der Waals surface area contributed by atoms with E-state index in [2.05, 4.69) is 10.6 Å². The van der Waals surface area contributed by atoms with Crippen molar-refractivity contribution in [3.8, 4) is 0 Å². The van der Waals surface area contributed by atoms with Gasteiger partial charge in [0.25, 0.3) is 0 Å². The van der Waals surface area contributed by atoms with Gasteiger partial charge in [0.05, 0.1) is 0 Å². The predicted octanol–water partition coefficient (Wildman–Crippen LogP) is 0.594. The van der Waals surface area contributed by atoms with Gasteiger partial charge in [-0.1, -0.05) is 20.3 Å². The van der Waals surface area contributed by atoms with Crippen LogP contribution in [0.3, 0.4) is 0 Å². The molecule has 0 saturated carbocycles. The molecule has 0 spiro atoms. The minimum atomic E-state index is -0.667. The Hall–Kier alpha value is -1.26. The van der Waals surface area contributed by atoms with Gasteiger partial charge in [-0.25, -0.2) is 4.79 Å². The van der Waals surface area contributed by atoms with Crippen molar-refractivity contribution in [3.63, 3.8) is 0 Å². The number of hydrogen-bond acceptors (Lipinski definition) is 2. The Kier molecular flexibility index (Phi) is 5.74. The zero-order chi connectivity index (χ0) is 12.0. The van der Waals surface area contributed by atoms with Crippen LogP contribution in [-0.4, -0.2) is 24.0 Å². The summed E-state index contributed by atoms with van der Waals surface area (Å²) in [6.07, 6.45) is 0.802. The van der Waals surface area contributed by atoms with Crippen molar-refractivity contribution in [1.82, 2.24) is 10.6 Å². The maximum atomic E-state index is 11.7. The molecule has 0 aliphatic heterocycles. The van der Waals surface area contributed by atoms with E-state index in [9.17, 15) is 9.59 Å². The molecule has 0 radical (unpaired) electrons. The lowest BCUT2D eigenvalue weighted by atomic mass is 9.98. The second-order valence-electron chi connectivity index (χ2n) is 4.04. The van der Waals surface area contributed by atoms with Gasteiger partial charge in [0, 0.05) is 6.04 Å². The quantitative estimate of drug-likeness (QED) is 0.627. The third kappa shape index (κ3) is 5.24. The number of rotatable bonds is 5. The van der Waals surface area contributed by atoms with E-state index in [0.717, 1.165) is 6.42 Å². The summed E-state index contributed by atoms with van der Waals surface area (Å²) in [7, 11) is 0. The highest BCUT2D eigenvalue weighted by molar-refractivity contribution is 5.86.